The largest absolute Gasteiger partial charge is 0.493 e. The van der Waals surface area contributed by atoms with E-state index in [0.29, 0.717) is 6.04 Å². The molecule has 1 heterocycles. The third kappa shape index (κ3) is 3.24. The van der Waals surface area contributed by atoms with Gasteiger partial charge in [-0.25, -0.2) is 0 Å². The Kier molecular flexibility index (Phi) is 3.52. The van der Waals surface area contributed by atoms with E-state index in [4.69, 9.17) is 10.5 Å². The predicted molar refractivity (Wildman–Crippen MR) is 72.5 cm³/mol. The maximum atomic E-state index is 5.91. The molecule has 1 saturated carbocycles. The summed E-state index contributed by atoms with van der Waals surface area (Å²) >= 11 is 0. The van der Waals surface area contributed by atoms with E-state index in [1.165, 1.54) is 18.4 Å². The van der Waals surface area contributed by atoms with Crippen LogP contribution in [0.15, 0.2) is 24.3 Å². The third-order valence-electron chi connectivity index (χ3n) is 3.82. The molecule has 98 valence electrons. The average Bonchev–Trinajstić information content (AvgIpc) is 3.12. The summed E-state index contributed by atoms with van der Waals surface area (Å²) in [6, 6.07) is 8.89. The first kappa shape index (κ1) is 12.0. The average molecular weight is 246 g/mol. The van der Waals surface area contributed by atoms with Crippen LogP contribution in [0.3, 0.4) is 0 Å². The van der Waals surface area contributed by atoms with Gasteiger partial charge in [0.2, 0.25) is 0 Å². The number of rotatable bonds is 5. The van der Waals surface area contributed by atoms with E-state index in [1.54, 1.807) is 0 Å². The summed E-state index contributed by atoms with van der Waals surface area (Å²) in [5, 5.41) is 0. The summed E-state index contributed by atoms with van der Waals surface area (Å²) in [4.78, 5) is 2.42. The molecular weight excluding hydrogens is 224 g/mol. The fourth-order valence-electron chi connectivity index (χ4n) is 2.45. The number of ether oxygens (including phenoxy) is 1. The van der Waals surface area contributed by atoms with Crippen molar-refractivity contribution in [2.75, 3.05) is 19.7 Å². The zero-order valence-electron chi connectivity index (χ0n) is 10.8. The number of nitrogens with two attached hydrogens (primary N) is 1. The van der Waals surface area contributed by atoms with Gasteiger partial charge in [0.1, 0.15) is 5.75 Å². The van der Waals surface area contributed by atoms with Crippen molar-refractivity contribution >= 4 is 0 Å². The maximum Gasteiger partial charge on any atom is 0.119 e. The summed E-state index contributed by atoms with van der Waals surface area (Å²) in [5.41, 5.74) is 7.26. The molecule has 0 bridgehead atoms. The first-order valence-electron chi connectivity index (χ1n) is 6.99. The monoisotopic (exact) mass is 246 g/mol. The number of benzene rings is 1. The van der Waals surface area contributed by atoms with Gasteiger partial charge in [0.05, 0.1) is 6.61 Å². The molecule has 1 aromatic rings. The molecule has 2 fully saturated rings. The topological polar surface area (TPSA) is 38.5 Å². The van der Waals surface area contributed by atoms with Gasteiger partial charge in [0.15, 0.2) is 0 Å². The maximum absolute atomic E-state index is 5.91. The smallest absolute Gasteiger partial charge is 0.119 e. The van der Waals surface area contributed by atoms with Crippen molar-refractivity contribution in [3.63, 3.8) is 0 Å². The highest BCUT2D eigenvalue weighted by Crippen LogP contribution is 2.29. The third-order valence-corrected chi connectivity index (χ3v) is 3.82. The Morgan fingerprint density at radius 2 is 1.94 bits per heavy atom. The zero-order chi connectivity index (χ0) is 12.4. The Bertz CT molecular complexity index is 386. The van der Waals surface area contributed by atoms with Crippen LogP contribution in [-0.2, 0) is 6.54 Å². The van der Waals surface area contributed by atoms with Crippen LogP contribution in [0.4, 0.5) is 0 Å². The van der Waals surface area contributed by atoms with Crippen LogP contribution in [0.1, 0.15) is 24.8 Å². The standard InChI is InChI=1S/C15H22N2O/c16-14-7-8-17(10-14)9-12-3-5-15(6-4-12)18-11-13-1-2-13/h3-6,13-14H,1-2,7-11,16H2/t14-/m1/s1. The van der Waals surface area contributed by atoms with Crippen LogP contribution in [-0.4, -0.2) is 30.6 Å². The molecular formula is C15H22N2O. The summed E-state index contributed by atoms with van der Waals surface area (Å²) < 4.78 is 5.74. The second-order valence-corrected chi connectivity index (χ2v) is 5.68. The zero-order valence-corrected chi connectivity index (χ0v) is 10.8. The lowest BCUT2D eigenvalue weighted by Crippen LogP contribution is -2.26. The van der Waals surface area contributed by atoms with Crippen molar-refractivity contribution in [1.82, 2.24) is 4.90 Å². The first-order chi connectivity index (χ1) is 8.79. The minimum Gasteiger partial charge on any atom is -0.493 e. The molecule has 0 unspecified atom stereocenters. The van der Waals surface area contributed by atoms with Gasteiger partial charge in [-0.3, -0.25) is 4.90 Å². The van der Waals surface area contributed by atoms with Crippen molar-refractivity contribution in [3.05, 3.63) is 29.8 Å². The highest BCUT2D eigenvalue weighted by Gasteiger charge is 2.22. The molecule has 0 aromatic heterocycles. The van der Waals surface area contributed by atoms with E-state index in [9.17, 15) is 0 Å². The Labute approximate surface area is 109 Å². The highest BCUT2D eigenvalue weighted by atomic mass is 16.5. The van der Waals surface area contributed by atoms with Crippen LogP contribution < -0.4 is 10.5 Å². The van der Waals surface area contributed by atoms with Gasteiger partial charge in [-0.2, -0.15) is 0 Å². The molecule has 18 heavy (non-hydrogen) atoms. The van der Waals surface area contributed by atoms with Gasteiger partial charge in [-0.05, 0) is 42.9 Å². The quantitative estimate of drug-likeness (QED) is 0.863. The van der Waals surface area contributed by atoms with E-state index in [1.807, 2.05) is 0 Å². The second-order valence-electron chi connectivity index (χ2n) is 5.68. The Hall–Kier alpha value is -1.06. The Balaban J connectivity index is 1.50. The van der Waals surface area contributed by atoms with Gasteiger partial charge in [-0.1, -0.05) is 12.1 Å². The number of likely N-dealkylation sites (tertiary alicyclic amines) is 1. The van der Waals surface area contributed by atoms with Crippen LogP contribution in [0.25, 0.3) is 0 Å². The second kappa shape index (κ2) is 5.29. The molecule has 1 saturated heterocycles. The fraction of sp³-hybridized carbons (Fsp3) is 0.600. The van der Waals surface area contributed by atoms with E-state index >= 15 is 0 Å². The summed E-state index contributed by atoms with van der Waals surface area (Å²) in [7, 11) is 0. The molecule has 0 amide bonds. The van der Waals surface area contributed by atoms with Gasteiger partial charge >= 0.3 is 0 Å². The molecule has 2 N–H and O–H groups in total. The molecule has 3 rings (SSSR count). The van der Waals surface area contributed by atoms with Crippen molar-refractivity contribution in [3.8, 4) is 5.75 Å². The van der Waals surface area contributed by atoms with Crippen LogP contribution in [0.5, 0.6) is 5.75 Å². The molecule has 1 atom stereocenters. The van der Waals surface area contributed by atoms with Crippen molar-refractivity contribution in [1.29, 1.82) is 0 Å². The predicted octanol–water partition coefficient (Wildman–Crippen LogP) is 2.01. The molecule has 2 aliphatic rings. The molecule has 1 aromatic carbocycles. The van der Waals surface area contributed by atoms with Crippen LogP contribution >= 0.6 is 0 Å². The van der Waals surface area contributed by atoms with Gasteiger partial charge in [0, 0.05) is 25.7 Å². The van der Waals surface area contributed by atoms with Gasteiger partial charge < -0.3 is 10.5 Å². The molecule has 3 nitrogen and oxygen atoms in total. The van der Waals surface area contributed by atoms with E-state index in [-0.39, 0.29) is 0 Å². The molecule has 0 spiro atoms. The summed E-state index contributed by atoms with van der Waals surface area (Å²) in [6.07, 6.45) is 3.81. The lowest BCUT2D eigenvalue weighted by molar-refractivity contribution is 0.299. The van der Waals surface area contributed by atoms with Crippen molar-refractivity contribution < 1.29 is 4.74 Å². The minimum absolute atomic E-state index is 0.367. The Morgan fingerprint density at radius 3 is 2.56 bits per heavy atom. The highest BCUT2D eigenvalue weighted by molar-refractivity contribution is 5.27. The minimum atomic E-state index is 0.367. The summed E-state index contributed by atoms with van der Waals surface area (Å²) in [6.45, 7) is 4.05. The fourth-order valence-corrected chi connectivity index (χ4v) is 2.45. The first-order valence-corrected chi connectivity index (χ1v) is 6.99. The van der Waals surface area contributed by atoms with Crippen LogP contribution in [0, 0.1) is 5.92 Å². The van der Waals surface area contributed by atoms with Gasteiger partial charge in [-0.15, -0.1) is 0 Å². The molecule has 1 aliphatic carbocycles. The number of nitrogens with zero attached hydrogens (tertiary/aromatic N) is 1. The summed E-state index contributed by atoms with van der Waals surface area (Å²) in [5.74, 6) is 1.82. The lowest BCUT2D eigenvalue weighted by Gasteiger charge is -2.15. The van der Waals surface area contributed by atoms with E-state index < -0.39 is 0 Å². The molecule has 0 radical (unpaired) electrons. The van der Waals surface area contributed by atoms with Crippen LogP contribution in [0.2, 0.25) is 0 Å². The lowest BCUT2D eigenvalue weighted by atomic mass is 10.2. The van der Waals surface area contributed by atoms with E-state index in [0.717, 1.165) is 44.3 Å². The molecule has 1 aliphatic heterocycles. The molecule has 3 heteroatoms. The van der Waals surface area contributed by atoms with E-state index in [2.05, 4.69) is 29.2 Å². The van der Waals surface area contributed by atoms with Crippen molar-refractivity contribution in [2.45, 2.75) is 31.8 Å². The Morgan fingerprint density at radius 1 is 1.17 bits per heavy atom. The SMILES string of the molecule is N[C@@H]1CCN(Cc2ccc(OCC3CC3)cc2)C1. The number of hydrogen-bond acceptors (Lipinski definition) is 3. The van der Waals surface area contributed by atoms with Crippen molar-refractivity contribution in [2.24, 2.45) is 11.7 Å². The normalized spacial score (nSPS) is 24.4. The number of hydrogen-bond donors (Lipinski definition) is 1. The van der Waals surface area contributed by atoms with Gasteiger partial charge in [0.25, 0.3) is 0 Å².